The molecular formula is C17H16O6. The number of fused-ring (bicyclic) bond motifs is 2. The number of benzene rings is 2. The molecule has 2 N–H and O–H groups in total. The van der Waals surface area contributed by atoms with Crippen molar-refractivity contribution in [1.29, 1.82) is 0 Å². The van der Waals surface area contributed by atoms with Crippen LogP contribution in [0.5, 0.6) is 34.5 Å². The molecule has 2 aromatic rings. The highest BCUT2D eigenvalue weighted by atomic mass is 16.7. The van der Waals surface area contributed by atoms with Crippen molar-refractivity contribution >= 4 is 0 Å². The minimum atomic E-state index is -0.0220. The SMILES string of the molecule is COc1cc2c(cc1O)OCC(c1cc3c(cc1O)OCO3)C2. The molecule has 1 atom stereocenters. The summed E-state index contributed by atoms with van der Waals surface area (Å²) in [5.41, 5.74) is 1.68. The van der Waals surface area contributed by atoms with Crippen molar-refractivity contribution in [2.45, 2.75) is 12.3 Å². The fourth-order valence-corrected chi connectivity index (χ4v) is 3.04. The highest BCUT2D eigenvalue weighted by Gasteiger charge is 2.27. The van der Waals surface area contributed by atoms with Gasteiger partial charge in [0, 0.05) is 23.6 Å². The Hall–Kier alpha value is -2.76. The van der Waals surface area contributed by atoms with E-state index in [1.807, 2.05) is 0 Å². The largest absolute Gasteiger partial charge is 0.508 e. The molecule has 120 valence electrons. The first-order valence-electron chi connectivity index (χ1n) is 7.31. The molecule has 0 fully saturated rings. The Morgan fingerprint density at radius 2 is 1.70 bits per heavy atom. The summed E-state index contributed by atoms with van der Waals surface area (Å²) in [6.07, 6.45) is 0.666. The van der Waals surface area contributed by atoms with Gasteiger partial charge in [0.2, 0.25) is 6.79 Å². The van der Waals surface area contributed by atoms with E-state index < -0.39 is 0 Å². The van der Waals surface area contributed by atoms with Crippen LogP contribution in [0.25, 0.3) is 0 Å². The van der Waals surface area contributed by atoms with Crippen molar-refractivity contribution in [2.75, 3.05) is 20.5 Å². The molecule has 0 spiro atoms. The Labute approximate surface area is 132 Å². The highest BCUT2D eigenvalue weighted by Crippen LogP contribution is 2.44. The zero-order valence-corrected chi connectivity index (χ0v) is 12.5. The van der Waals surface area contributed by atoms with Crippen LogP contribution in [0.4, 0.5) is 0 Å². The molecule has 6 heteroatoms. The van der Waals surface area contributed by atoms with Gasteiger partial charge in [-0.05, 0) is 24.1 Å². The van der Waals surface area contributed by atoms with Crippen LogP contribution in [0.2, 0.25) is 0 Å². The van der Waals surface area contributed by atoms with Gasteiger partial charge in [-0.2, -0.15) is 0 Å². The number of rotatable bonds is 2. The maximum Gasteiger partial charge on any atom is 0.231 e. The Bertz CT molecular complexity index is 770. The lowest BCUT2D eigenvalue weighted by molar-refractivity contribution is 0.174. The van der Waals surface area contributed by atoms with Crippen molar-refractivity contribution in [3.05, 3.63) is 35.4 Å². The van der Waals surface area contributed by atoms with E-state index in [2.05, 4.69) is 0 Å². The van der Waals surface area contributed by atoms with Crippen molar-refractivity contribution in [2.24, 2.45) is 0 Å². The Kier molecular flexibility index (Phi) is 3.11. The maximum atomic E-state index is 10.3. The Balaban J connectivity index is 1.68. The Morgan fingerprint density at radius 1 is 0.957 bits per heavy atom. The molecule has 2 heterocycles. The second-order valence-corrected chi connectivity index (χ2v) is 5.61. The van der Waals surface area contributed by atoms with E-state index in [9.17, 15) is 10.2 Å². The van der Waals surface area contributed by atoms with E-state index >= 15 is 0 Å². The summed E-state index contributed by atoms with van der Waals surface area (Å²) in [6.45, 7) is 0.574. The average Bonchev–Trinajstić information content (AvgIpc) is 3.00. The monoisotopic (exact) mass is 316 g/mol. The van der Waals surface area contributed by atoms with Gasteiger partial charge in [0.25, 0.3) is 0 Å². The normalized spacial score (nSPS) is 18.2. The van der Waals surface area contributed by atoms with Gasteiger partial charge in [-0.1, -0.05) is 0 Å². The number of methoxy groups -OCH3 is 1. The summed E-state index contributed by atoms with van der Waals surface area (Å²) in [7, 11) is 1.51. The highest BCUT2D eigenvalue weighted by molar-refractivity contribution is 5.55. The molecule has 0 aliphatic carbocycles. The smallest absolute Gasteiger partial charge is 0.231 e. The van der Waals surface area contributed by atoms with E-state index in [0.29, 0.717) is 36.0 Å². The molecule has 4 rings (SSSR count). The third-order valence-corrected chi connectivity index (χ3v) is 4.23. The van der Waals surface area contributed by atoms with Gasteiger partial charge < -0.3 is 29.2 Å². The maximum absolute atomic E-state index is 10.3. The number of hydrogen-bond donors (Lipinski definition) is 2. The van der Waals surface area contributed by atoms with E-state index in [-0.39, 0.29) is 24.2 Å². The third-order valence-electron chi connectivity index (χ3n) is 4.23. The van der Waals surface area contributed by atoms with Gasteiger partial charge in [0.1, 0.15) is 11.5 Å². The number of phenolic OH excluding ortho intramolecular Hbond substituents is 2. The molecule has 2 aliphatic rings. The van der Waals surface area contributed by atoms with Gasteiger partial charge in [0.05, 0.1) is 13.7 Å². The molecule has 0 amide bonds. The standard InChI is InChI=1S/C17H16O6/c1-20-15-3-9-2-10(7-21-14(9)6-13(15)19)11-4-16-17(5-12(11)18)23-8-22-16/h3-6,10,18-19H,2,7-8H2,1H3. The van der Waals surface area contributed by atoms with Crippen LogP contribution >= 0.6 is 0 Å². The molecule has 23 heavy (non-hydrogen) atoms. The molecule has 1 unspecified atom stereocenters. The van der Waals surface area contributed by atoms with E-state index in [0.717, 1.165) is 11.1 Å². The van der Waals surface area contributed by atoms with Crippen LogP contribution in [0.1, 0.15) is 17.0 Å². The number of hydrogen-bond acceptors (Lipinski definition) is 6. The topological polar surface area (TPSA) is 77.4 Å². The van der Waals surface area contributed by atoms with Crippen LogP contribution < -0.4 is 18.9 Å². The van der Waals surface area contributed by atoms with Gasteiger partial charge in [0.15, 0.2) is 23.0 Å². The van der Waals surface area contributed by atoms with Crippen LogP contribution in [0.3, 0.4) is 0 Å². The summed E-state index contributed by atoms with van der Waals surface area (Å²) in [6, 6.07) is 6.70. The molecule has 0 saturated carbocycles. The fraction of sp³-hybridized carbons (Fsp3) is 0.294. The summed E-state index contributed by atoms with van der Waals surface area (Å²) < 4.78 is 21.5. The van der Waals surface area contributed by atoms with Crippen molar-refractivity contribution < 1.29 is 29.2 Å². The van der Waals surface area contributed by atoms with Crippen LogP contribution in [0, 0.1) is 0 Å². The average molecular weight is 316 g/mol. The van der Waals surface area contributed by atoms with E-state index in [1.165, 1.54) is 7.11 Å². The molecule has 0 saturated heterocycles. The van der Waals surface area contributed by atoms with Crippen molar-refractivity contribution in [1.82, 2.24) is 0 Å². The van der Waals surface area contributed by atoms with Crippen molar-refractivity contribution in [3.8, 4) is 34.5 Å². The van der Waals surface area contributed by atoms with Crippen LogP contribution in [-0.2, 0) is 6.42 Å². The van der Waals surface area contributed by atoms with Gasteiger partial charge in [-0.3, -0.25) is 0 Å². The quantitative estimate of drug-likeness (QED) is 0.886. The molecule has 2 aromatic carbocycles. The minimum absolute atomic E-state index is 0.0220. The van der Waals surface area contributed by atoms with Gasteiger partial charge >= 0.3 is 0 Å². The van der Waals surface area contributed by atoms with E-state index in [1.54, 1.807) is 24.3 Å². The first-order chi connectivity index (χ1) is 11.2. The summed E-state index contributed by atoms with van der Waals surface area (Å²) in [5, 5.41) is 20.1. The molecule has 0 bridgehead atoms. The number of aromatic hydroxyl groups is 2. The lowest BCUT2D eigenvalue weighted by atomic mass is 9.89. The predicted molar refractivity (Wildman–Crippen MR) is 80.8 cm³/mol. The van der Waals surface area contributed by atoms with Crippen LogP contribution in [0.15, 0.2) is 24.3 Å². The number of phenols is 2. The van der Waals surface area contributed by atoms with Crippen molar-refractivity contribution in [3.63, 3.8) is 0 Å². The fourth-order valence-electron chi connectivity index (χ4n) is 3.04. The predicted octanol–water partition coefficient (Wildman–Crippen LogP) is 2.55. The Morgan fingerprint density at radius 3 is 2.48 bits per heavy atom. The lowest BCUT2D eigenvalue weighted by Crippen LogP contribution is -2.19. The lowest BCUT2D eigenvalue weighted by Gasteiger charge is -2.26. The van der Waals surface area contributed by atoms with Crippen LogP contribution in [-0.4, -0.2) is 30.7 Å². The summed E-state index contributed by atoms with van der Waals surface area (Å²) in [5.74, 6) is 2.42. The zero-order valence-electron chi connectivity index (χ0n) is 12.5. The first kappa shape index (κ1) is 13.9. The first-order valence-corrected chi connectivity index (χ1v) is 7.31. The zero-order chi connectivity index (χ0) is 16.0. The second-order valence-electron chi connectivity index (χ2n) is 5.61. The van der Waals surface area contributed by atoms with E-state index in [4.69, 9.17) is 18.9 Å². The molecule has 0 radical (unpaired) electrons. The van der Waals surface area contributed by atoms with Gasteiger partial charge in [-0.15, -0.1) is 0 Å². The second kappa shape index (κ2) is 5.15. The number of ether oxygens (including phenoxy) is 4. The molecule has 0 aromatic heterocycles. The summed E-state index contributed by atoms with van der Waals surface area (Å²) in [4.78, 5) is 0. The third kappa shape index (κ3) is 2.27. The minimum Gasteiger partial charge on any atom is -0.508 e. The molecular weight excluding hydrogens is 300 g/mol. The summed E-state index contributed by atoms with van der Waals surface area (Å²) >= 11 is 0. The molecule has 6 nitrogen and oxygen atoms in total. The van der Waals surface area contributed by atoms with Gasteiger partial charge in [-0.25, -0.2) is 0 Å². The molecule has 2 aliphatic heterocycles.